The molecule has 0 saturated carbocycles. The zero-order chi connectivity index (χ0) is 18.5. The summed E-state index contributed by atoms with van der Waals surface area (Å²) < 4.78 is 5.15. The van der Waals surface area contributed by atoms with Crippen LogP contribution in [0.4, 0.5) is 10.5 Å². The first-order valence-electron chi connectivity index (χ1n) is 9.05. The number of ether oxygens (including phenoxy) is 1. The summed E-state index contributed by atoms with van der Waals surface area (Å²) in [5, 5.41) is 3.01. The van der Waals surface area contributed by atoms with Gasteiger partial charge in [0.1, 0.15) is 5.75 Å². The summed E-state index contributed by atoms with van der Waals surface area (Å²) in [5.74, 6) is 0.822. The molecule has 0 bridgehead atoms. The van der Waals surface area contributed by atoms with E-state index < -0.39 is 0 Å². The molecule has 1 N–H and O–H groups in total. The van der Waals surface area contributed by atoms with Crippen molar-refractivity contribution in [2.45, 2.75) is 20.4 Å². The quantitative estimate of drug-likeness (QED) is 0.917. The number of nitrogens with zero attached hydrogens (tertiary/aromatic N) is 2. The molecule has 0 radical (unpaired) electrons. The van der Waals surface area contributed by atoms with Crippen molar-refractivity contribution in [1.82, 2.24) is 10.2 Å². The Morgan fingerprint density at radius 3 is 2.38 bits per heavy atom. The molecule has 1 fully saturated rings. The fourth-order valence-electron chi connectivity index (χ4n) is 3.24. The molecule has 0 atom stereocenters. The zero-order valence-electron chi connectivity index (χ0n) is 15.8. The molecular weight excluding hydrogens is 326 g/mol. The Morgan fingerprint density at radius 1 is 1.04 bits per heavy atom. The van der Waals surface area contributed by atoms with Crippen LogP contribution in [0.15, 0.2) is 42.5 Å². The number of hydrogen-bond donors (Lipinski definition) is 1. The Morgan fingerprint density at radius 2 is 1.73 bits per heavy atom. The molecule has 1 heterocycles. The molecule has 138 valence electrons. The third-order valence-electron chi connectivity index (χ3n) is 4.88. The lowest BCUT2D eigenvalue weighted by Gasteiger charge is -2.37. The largest absolute Gasteiger partial charge is 0.497 e. The average Bonchev–Trinajstić information content (AvgIpc) is 2.68. The van der Waals surface area contributed by atoms with Crippen LogP contribution >= 0.6 is 0 Å². The lowest BCUT2D eigenvalue weighted by molar-refractivity contribution is 0.194. The van der Waals surface area contributed by atoms with Gasteiger partial charge in [-0.3, -0.25) is 0 Å². The smallest absolute Gasteiger partial charge is 0.317 e. The minimum absolute atomic E-state index is 0.00133. The summed E-state index contributed by atoms with van der Waals surface area (Å²) in [4.78, 5) is 16.7. The number of carbonyl (C=O) groups is 1. The average molecular weight is 353 g/mol. The van der Waals surface area contributed by atoms with Crippen molar-refractivity contribution in [1.29, 1.82) is 0 Å². The van der Waals surface area contributed by atoms with E-state index in [1.165, 1.54) is 16.8 Å². The molecule has 1 aliphatic rings. The van der Waals surface area contributed by atoms with E-state index in [0.717, 1.165) is 37.5 Å². The van der Waals surface area contributed by atoms with Crippen LogP contribution < -0.4 is 15.0 Å². The predicted molar refractivity (Wildman–Crippen MR) is 105 cm³/mol. The standard InChI is InChI=1S/C21H27N3O2/c1-16-4-5-17(2)20(14-16)23-10-12-24(13-11-23)21(25)22-15-18-6-8-19(26-3)9-7-18/h4-9,14H,10-13,15H2,1-3H3,(H,22,25). The molecule has 26 heavy (non-hydrogen) atoms. The summed E-state index contributed by atoms with van der Waals surface area (Å²) in [6, 6.07) is 14.3. The van der Waals surface area contributed by atoms with Crippen LogP contribution in [-0.4, -0.2) is 44.2 Å². The van der Waals surface area contributed by atoms with Gasteiger partial charge in [-0.05, 0) is 48.7 Å². The number of urea groups is 1. The summed E-state index contributed by atoms with van der Waals surface area (Å²) in [6.07, 6.45) is 0. The maximum atomic E-state index is 12.4. The number of carbonyl (C=O) groups excluding carboxylic acids is 1. The number of methoxy groups -OCH3 is 1. The molecule has 5 nitrogen and oxygen atoms in total. The first kappa shape index (κ1) is 18.1. The van der Waals surface area contributed by atoms with Gasteiger partial charge in [-0.15, -0.1) is 0 Å². The van der Waals surface area contributed by atoms with Crippen molar-refractivity contribution in [3.63, 3.8) is 0 Å². The second-order valence-electron chi connectivity index (χ2n) is 6.77. The van der Waals surface area contributed by atoms with Crippen molar-refractivity contribution in [2.24, 2.45) is 0 Å². The first-order valence-corrected chi connectivity index (χ1v) is 9.05. The van der Waals surface area contributed by atoms with Crippen LogP contribution in [0.1, 0.15) is 16.7 Å². The van der Waals surface area contributed by atoms with Crippen molar-refractivity contribution < 1.29 is 9.53 Å². The van der Waals surface area contributed by atoms with Gasteiger partial charge in [-0.2, -0.15) is 0 Å². The van der Waals surface area contributed by atoms with E-state index in [9.17, 15) is 4.79 Å². The second kappa shape index (κ2) is 8.13. The van der Waals surface area contributed by atoms with Crippen LogP contribution in [0.25, 0.3) is 0 Å². The maximum absolute atomic E-state index is 12.4. The summed E-state index contributed by atoms with van der Waals surface area (Å²) in [5.41, 5.74) is 4.90. The van der Waals surface area contributed by atoms with Gasteiger partial charge in [-0.1, -0.05) is 24.3 Å². The number of benzene rings is 2. The van der Waals surface area contributed by atoms with Gasteiger partial charge in [0.2, 0.25) is 0 Å². The third-order valence-corrected chi connectivity index (χ3v) is 4.88. The van der Waals surface area contributed by atoms with E-state index in [0.29, 0.717) is 6.54 Å². The van der Waals surface area contributed by atoms with E-state index in [1.54, 1.807) is 7.11 Å². The minimum atomic E-state index is 0.00133. The van der Waals surface area contributed by atoms with Gasteiger partial charge >= 0.3 is 6.03 Å². The summed E-state index contributed by atoms with van der Waals surface area (Å²) in [7, 11) is 1.65. The van der Waals surface area contributed by atoms with Gasteiger partial charge < -0.3 is 19.9 Å². The number of rotatable bonds is 4. The molecule has 1 saturated heterocycles. The molecule has 2 aromatic carbocycles. The van der Waals surface area contributed by atoms with E-state index in [-0.39, 0.29) is 6.03 Å². The number of amides is 2. The van der Waals surface area contributed by atoms with Crippen molar-refractivity contribution >= 4 is 11.7 Å². The number of aryl methyl sites for hydroxylation is 2. The summed E-state index contributed by atoms with van der Waals surface area (Å²) >= 11 is 0. The lowest BCUT2D eigenvalue weighted by Crippen LogP contribution is -2.51. The predicted octanol–water partition coefficient (Wildman–Crippen LogP) is 3.34. The Hall–Kier alpha value is -2.69. The van der Waals surface area contributed by atoms with Crippen molar-refractivity contribution in [3.05, 3.63) is 59.2 Å². The topological polar surface area (TPSA) is 44.8 Å². The maximum Gasteiger partial charge on any atom is 0.317 e. The molecule has 5 heteroatoms. The molecule has 0 aliphatic carbocycles. The van der Waals surface area contributed by atoms with Crippen molar-refractivity contribution in [3.8, 4) is 5.75 Å². The fourth-order valence-corrected chi connectivity index (χ4v) is 3.24. The second-order valence-corrected chi connectivity index (χ2v) is 6.77. The fraction of sp³-hybridized carbons (Fsp3) is 0.381. The highest BCUT2D eigenvalue weighted by atomic mass is 16.5. The van der Waals surface area contributed by atoms with Crippen LogP contribution in [0, 0.1) is 13.8 Å². The van der Waals surface area contributed by atoms with Gasteiger partial charge in [0.05, 0.1) is 7.11 Å². The third kappa shape index (κ3) is 4.28. The van der Waals surface area contributed by atoms with Crippen LogP contribution in [-0.2, 0) is 6.54 Å². The number of hydrogen-bond acceptors (Lipinski definition) is 3. The van der Waals surface area contributed by atoms with Crippen LogP contribution in [0.3, 0.4) is 0 Å². The molecule has 1 aliphatic heterocycles. The lowest BCUT2D eigenvalue weighted by atomic mass is 10.1. The van der Waals surface area contributed by atoms with Crippen LogP contribution in [0.5, 0.6) is 5.75 Å². The Kier molecular flexibility index (Phi) is 5.66. The monoisotopic (exact) mass is 353 g/mol. The normalized spacial score (nSPS) is 14.3. The van der Waals surface area contributed by atoms with Gasteiger partial charge in [0, 0.05) is 38.4 Å². The number of nitrogens with one attached hydrogen (secondary N) is 1. The SMILES string of the molecule is COc1ccc(CNC(=O)N2CCN(c3cc(C)ccc3C)CC2)cc1. The van der Waals surface area contributed by atoms with Gasteiger partial charge in [0.15, 0.2) is 0 Å². The highest BCUT2D eigenvalue weighted by Gasteiger charge is 2.21. The summed E-state index contributed by atoms with van der Waals surface area (Å²) in [6.45, 7) is 7.98. The Balaban J connectivity index is 1.50. The van der Waals surface area contributed by atoms with E-state index in [2.05, 4.69) is 42.3 Å². The molecule has 3 rings (SSSR count). The molecule has 0 spiro atoms. The van der Waals surface area contributed by atoms with Gasteiger partial charge in [0.25, 0.3) is 0 Å². The van der Waals surface area contributed by atoms with Crippen LogP contribution in [0.2, 0.25) is 0 Å². The molecule has 2 amide bonds. The van der Waals surface area contributed by atoms with E-state index >= 15 is 0 Å². The molecule has 2 aromatic rings. The highest BCUT2D eigenvalue weighted by molar-refractivity contribution is 5.74. The zero-order valence-corrected chi connectivity index (χ0v) is 15.8. The highest BCUT2D eigenvalue weighted by Crippen LogP contribution is 2.22. The van der Waals surface area contributed by atoms with Crippen molar-refractivity contribution in [2.75, 3.05) is 38.2 Å². The van der Waals surface area contributed by atoms with E-state index in [1.807, 2.05) is 29.2 Å². The number of anilines is 1. The van der Waals surface area contributed by atoms with E-state index in [4.69, 9.17) is 4.74 Å². The minimum Gasteiger partial charge on any atom is -0.497 e. The first-order chi connectivity index (χ1) is 12.6. The molecule has 0 aromatic heterocycles. The molecule has 0 unspecified atom stereocenters. The van der Waals surface area contributed by atoms with Gasteiger partial charge in [-0.25, -0.2) is 4.79 Å². The Labute approximate surface area is 155 Å². The molecular formula is C21H27N3O2. The Bertz CT molecular complexity index is 750. The number of piperazine rings is 1.